The van der Waals surface area contributed by atoms with Crippen LogP contribution in [0, 0.1) is 0 Å². The van der Waals surface area contributed by atoms with E-state index in [2.05, 4.69) is 70.3 Å². The summed E-state index contributed by atoms with van der Waals surface area (Å²) in [4.78, 5) is 2.56. The Kier molecular flexibility index (Phi) is 5.68. The van der Waals surface area contributed by atoms with Crippen LogP contribution >= 0.6 is 0 Å². The quantitative estimate of drug-likeness (QED) is 0.613. The van der Waals surface area contributed by atoms with Gasteiger partial charge in [-0.05, 0) is 49.2 Å². The van der Waals surface area contributed by atoms with Crippen molar-refractivity contribution in [3.05, 3.63) is 83.7 Å². The van der Waals surface area contributed by atoms with Crippen molar-refractivity contribution in [1.29, 1.82) is 0 Å². The van der Waals surface area contributed by atoms with Gasteiger partial charge in [-0.1, -0.05) is 30.3 Å². The van der Waals surface area contributed by atoms with Crippen LogP contribution in [0.15, 0.2) is 66.9 Å². The summed E-state index contributed by atoms with van der Waals surface area (Å²) in [7, 11) is 1.76. The van der Waals surface area contributed by atoms with Crippen LogP contribution in [0.4, 0.5) is 0 Å². The van der Waals surface area contributed by atoms with E-state index in [4.69, 9.17) is 9.47 Å². The molecule has 0 unspecified atom stereocenters. The molecule has 1 aliphatic heterocycles. The van der Waals surface area contributed by atoms with Gasteiger partial charge in [-0.3, -0.25) is 4.90 Å². The van der Waals surface area contributed by atoms with Crippen LogP contribution in [0.3, 0.4) is 0 Å². The number of hydrogen-bond donors (Lipinski definition) is 0. The summed E-state index contributed by atoms with van der Waals surface area (Å²) in [5.41, 5.74) is 3.84. The minimum atomic E-state index is 0.167. The van der Waals surface area contributed by atoms with E-state index in [1.54, 1.807) is 7.11 Å². The standard InChI is InChI=1S/C24H28N2O2/c1-3-28-20-13-11-19(12-14-20)18-26-17-7-16-25-15-6-9-22(25)24(26)21-8-4-5-10-23(21)27-2/h4-6,8-15,24H,3,7,16-18H2,1-2H3/t24-/m1/s1. The molecule has 0 saturated heterocycles. The lowest BCUT2D eigenvalue weighted by atomic mass is 10.00. The maximum atomic E-state index is 5.72. The van der Waals surface area contributed by atoms with E-state index in [-0.39, 0.29) is 6.04 Å². The van der Waals surface area contributed by atoms with Gasteiger partial charge in [0, 0.05) is 37.1 Å². The van der Waals surface area contributed by atoms with Gasteiger partial charge in [0.2, 0.25) is 0 Å². The summed E-state index contributed by atoms with van der Waals surface area (Å²) in [5, 5.41) is 0. The van der Waals surface area contributed by atoms with Crippen LogP contribution in [0.5, 0.6) is 11.5 Å². The van der Waals surface area contributed by atoms with E-state index in [1.807, 2.05) is 13.0 Å². The molecule has 0 amide bonds. The predicted octanol–water partition coefficient (Wildman–Crippen LogP) is 4.89. The molecule has 0 bridgehead atoms. The maximum Gasteiger partial charge on any atom is 0.124 e. The molecule has 2 aromatic carbocycles. The van der Waals surface area contributed by atoms with Crippen molar-refractivity contribution < 1.29 is 9.47 Å². The van der Waals surface area contributed by atoms with Gasteiger partial charge in [0.15, 0.2) is 0 Å². The fourth-order valence-electron chi connectivity index (χ4n) is 4.15. The number of aryl methyl sites for hydroxylation is 1. The lowest BCUT2D eigenvalue weighted by Crippen LogP contribution is -2.29. The Hall–Kier alpha value is -2.72. The first-order valence-corrected chi connectivity index (χ1v) is 10.0. The van der Waals surface area contributed by atoms with E-state index in [0.717, 1.165) is 37.6 Å². The highest BCUT2D eigenvalue weighted by Gasteiger charge is 2.29. The average Bonchev–Trinajstić information content (AvgIpc) is 3.11. The van der Waals surface area contributed by atoms with Gasteiger partial charge in [0.1, 0.15) is 11.5 Å². The van der Waals surface area contributed by atoms with Crippen LogP contribution < -0.4 is 9.47 Å². The molecule has 0 fully saturated rings. The molecule has 28 heavy (non-hydrogen) atoms. The highest BCUT2D eigenvalue weighted by atomic mass is 16.5. The normalized spacial score (nSPS) is 17.0. The van der Waals surface area contributed by atoms with Crippen molar-refractivity contribution in [2.24, 2.45) is 0 Å². The van der Waals surface area contributed by atoms with Crippen molar-refractivity contribution in [1.82, 2.24) is 9.47 Å². The number of fused-ring (bicyclic) bond motifs is 1. The molecule has 4 nitrogen and oxygen atoms in total. The third kappa shape index (κ3) is 3.78. The molecule has 3 aromatic rings. The summed E-state index contributed by atoms with van der Waals surface area (Å²) < 4.78 is 13.7. The average molecular weight is 377 g/mol. The molecule has 0 radical (unpaired) electrons. The molecule has 2 heterocycles. The highest BCUT2D eigenvalue weighted by molar-refractivity contribution is 5.41. The van der Waals surface area contributed by atoms with E-state index < -0.39 is 0 Å². The Labute approximate surface area is 167 Å². The topological polar surface area (TPSA) is 26.6 Å². The van der Waals surface area contributed by atoms with E-state index in [9.17, 15) is 0 Å². The van der Waals surface area contributed by atoms with Gasteiger partial charge >= 0.3 is 0 Å². The molecule has 146 valence electrons. The zero-order valence-electron chi connectivity index (χ0n) is 16.7. The minimum absolute atomic E-state index is 0.167. The first-order chi connectivity index (χ1) is 13.8. The third-order valence-electron chi connectivity index (χ3n) is 5.41. The molecule has 0 spiro atoms. The summed E-state index contributed by atoms with van der Waals surface area (Å²) in [5.74, 6) is 1.87. The summed E-state index contributed by atoms with van der Waals surface area (Å²) >= 11 is 0. The molecule has 0 N–H and O–H groups in total. The fourth-order valence-corrected chi connectivity index (χ4v) is 4.15. The summed E-state index contributed by atoms with van der Waals surface area (Å²) in [6.07, 6.45) is 3.32. The number of methoxy groups -OCH3 is 1. The zero-order chi connectivity index (χ0) is 19.3. The molecule has 0 saturated carbocycles. The second kappa shape index (κ2) is 8.53. The van der Waals surface area contributed by atoms with Gasteiger partial charge in [-0.25, -0.2) is 0 Å². The monoisotopic (exact) mass is 376 g/mol. The first-order valence-electron chi connectivity index (χ1n) is 10.0. The van der Waals surface area contributed by atoms with Crippen LogP contribution in [0.25, 0.3) is 0 Å². The van der Waals surface area contributed by atoms with Gasteiger partial charge in [-0.2, -0.15) is 0 Å². The molecule has 1 atom stereocenters. The molecular formula is C24H28N2O2. The van der Waals surface area contributed by atoms with Crippen molar-refractivity contribution in [3.8, 4) is 11.5 Å². The number of ether oxygens (including phenoxy) is 2. The first kappa shape index (κ1) is 18.6. The highest BCUT2D eigenvalue weighted by Crippen LogP contribution is 2.37. The SMILES string of the molecule is CCOc1ccc(CN2CCCn3cccc3[C@H]2c2ccccc2OC)cc1. The Bertz CT molecular complexity index is 901. The van der Waals surface area contributed by atoms with Crippen LogP contribution in [-0.4, -0.2) is 29.7 Å². The van der Waals surface area contributed by atoms with Crippen molar-refractivity contribution in [2.45, 2.75) is 32.5 Å². The van der Waals surface area contributed by atoms with Crippen LogP contribution in [0.2, 0.25) is 0 Å². The Morgan fingerprint density at radius 1 is 0.964 bits per heavy atom. The number of aromatic nitrogens is 1. The minimum Gasteiger partial charge on any atom is -0.496 e. The number of para-hydroxylation sites is 1. The van der Waals surface area contributed by atoms with Gasteiger partial charge in [0.05, 0.1) is 19.8 Å². The number of benzene rings is 2. The lowest BCUT2D eigenvalue weighted by molar-refractivity contribution is 0.216. The van der Waals surface area contributed by atoms with Gasteiger partial charge in [-0.15, -0.1) is 0 Å². The van der Waals surface area contributed by atoms with Crippen molar-refractivity contribution in [3.63, 3.8) is 0 Å². The van der Waals surface area contributed by atoms with Crippen LogP contribution in [0.1, 0.15) is 36.2 Å². The molecule has 4 heteroatoms. The number of nitrogens with zero attached hydrogens (tertiary/aromatic N) is 2. The molecular weight excluding hydrogens is 348 g/mol. The second-order valence-corrected chi connectivity index (χ2v) is 7.17. The number of hydrogen-bond acceptors (Lipinski definition) is 3. The lowest BCUT2D eigenvalue weighted by Gasteiger charge is -2.31. The second-order valence-electron chi connectivity index (χ2n) is 7.17. The fraction of sp³-hybridized carbons (Fsp3) is 0.333. The zero-order valence-corrected chi connectivity index (χ0v) is 16.7. The molecule has 0 aliphatic carbocycles. The molecule has 1 aromatic heterocycles. The summed E-state index contributed by atoms with van der Waals surface area (Å²) in [6, 6.07) is 21.4. The van der Waals surface area contributed by atoms with Gasteiger partial charge in [0.25, 0.3) is 0 Å². The number of rotatable bonds is 6. The van der Waals surface area contributed by atoms with E-state index in [1.165, 1.54) is 16.8 Å². The Balaban J connectivity index is 1.69. The van der Waals surface area contributed by atoms with Crippen molar-refractivity contribution in [2.75, 3.05) is 20.3 Å². The van der Waals surface area contributed by atoms with Crippen LogP contribution in [-0.2, 0) is 13.1 Å². The summed E-state index contributed by atoms with van der Waals surface area (Å²) in [6.45, 7) is 5.68. The largest absolute Gasteiger partial charge is 0.496 e. The maximum absolute atomic E-state index is 5.72. The molecule has 4 rings (SSSR count). The predicted molar refractivity (Wildman–Crippen MR) is 112 cm³/mol. The third-order valence-corrected chi connectivity index (χ3v) is 5.41. The smallest absolute Gasteiger partial charge is 0.124 e. The molecule has 1 aliphatic rings. The Morgan fingerprint density at radius 3 is 2.57 bits per heavy atom. The van der Waals surface area contributed by atoms with E-state index >= 15 is 0 Å². The van der Waals surface area contributed by atoms with Crippen molar-refractivity contribution >= 4 is 0 Å². The van der Waals surface area contributed by atoms with E-state index in [0.29, 0.717) is 6.61 Å². The Morgan fingerprint density at radius 2 is 1.79 bits per heavy atom. The van der Waals surface area contributed by atoms with Gasteiger partial charge < -0.3 is 14.0 Å².